The molecule has 2 aromatic heterocycles. The van der Waals surface area contributed by atoms with E-state index in [2.05, 4.69) is 19.6 Å². The molecule has 1 amide bonds. The van der Waals surface area contributed by atoms with Crippen molar-refractivity contribution in [3.63, 3.8) is 0 Å². The summed E-state index contributed by atoms with van der Waals surface area (Å²) in [7, 11) is -0.128. The fourth-order valence-electron chi connectivity index (χ4n) is 4.52. The minimum Gasteiger partial charge on any atom is -0.355 e. The van der Waals surface area contributed by atoms with E-state index in [0.29, 0.717) is 5.69 Å². The lowest BCUT2D eigenvalue weighted by atomic mass is 9.95. The molecule has 4 aromatic rings. The molecule has 1 saturated heterocycles. The van der Waals surface area contributed by atoms with Gasteiger partial charge < -0.3 is 9.80 Å². The van der Waals surface area contributed by atoms with Gasteiger partial charge in [-0.3, -0.25) is 19.5 Å². The quantitative estimate of drug-likeness (QED) is 0.415. The van der Waals surface area contributed by atoms with E-state index in [-0.39, 0.29) is 16.7 Å². The van der Waals surface area contributed by atoms with Crippen molar-refractivity contribution in [2.24, 2.45) is 5.92 Å². The number of carbonyl (C=O) groups is 1. The van der Waals surface area contributed by atoms with Crippen molar-refractivity contribution in [2.75, 3.05) is 36.8 Å². The summed E-state index contributed by atoms with van der Waals surface area (Å²) in [5.41, 5.74) is 3.47. The lowest BCUT2D eigenvalue weighted by Gasteiger charge is -2.33. The van der Waals surface area contributed by atoms with Crippen LogP contribution in [0, 0.1) is 5.92 Å². The monoisotopic (exact) mass is 516 g/mol. The highest BCUT2D eigenvalue weighted by Gasteiger charge is 2.26. The number of hydrogen-bond donors (Lipinski definition) is 1. The van der Waals surface area contributed by atoms with Gasteiger partial charge in [-0.05, 0) is 48.7 Å². The Kier molecular flexibility index (Phi) is 6.75. The third-order valence-corrected chi connectivity index (χ3v) is 7.91. The Balaban J connectivity index is 1.36. The zero-order chi connectivity index (χ0) is 26.0. The van der Waals surface area contributed by atoms with E-state index in [0.717, 1.165) is 53.9 Å². The van der Waals surface area contributed by atoms with Crippen molar-refractivity contribution >= 4 is 38.5 Å². The molecule has 1 aliphatic rings. The molecule has 0 atom stereocenters. The molecule has 0 saturated carbocycles. The Morgan fingerprint density at radius 3 is 2.43 bits per heavy atom. The summed E-state index contributed by atoms with van der Waals surface area (Å²) in [6.07, 6.45) is 6.51. The lowest BCUT2D eigenvalue weighted by Crippen LogP contribution is -2.40. The fraction of sp³-hybridized carbons (Fsp3) is 0.259. The van der Waals surface area contributed by atoms with Crippen molar-refractivity contribution in [1.29, 1.82) is 0 Å². The number of sulfonamides is 1. The second-order valence-corrected chi connectivity index (χ2v) is 11.0. The third-order valence-electron chi connectivity index (χ3n) is 6.52. The van der Waals surface area contributed by atoms with Crippen LogP contribution in [0.3, 0.4) is 0 Å². The van der Waals surface area contributed by atoms with Gasteiger partial charge in [0.25, 0.3) is 10.0 Å². The fourth-order valence-corrected chi connectivity index (χ4v) is 5.58. The van der Waals surface area contributed by atoms with E-state index in [1.54, 1.807) is 67.8 Å². The number of amides is 1. The molecule has 0 radical (unpaired) electrons. The predicted molar refractivity (Wildman–Crippen MR) is 144 cm³/mol. The maximum Gasteiger partial charge on any atom is 0.261 e. The molecular formula is C27H28N6O3S. The highest BCUT2D eigenvalue weighted by Crippen LogP contribution is 2.28. The van der Waals surface area contributed by atoms with Gasteiger partial charge in [0, 0.05) is 44.9 Å². The Bertz CT molecular complexity index is 1530. The molecule has 1 aliphatic heterocycles. The first-order valence-electron chi connectivity index (χ1n) is 12.1. The third kappa shape index (κ3) is 5.39. The van der Waals surface area contributed by atoms with Crippen LogP contribution < -0.4 is 9.62 Å². The van der Waals surface area contributed by atoms with Crippen molar-refractivity contribution in [3.8, 4) is 11.1 Å². The van der Waals surface area contributed by atoms with Crippen molar-refractivity contribution < 1.29 is 13.2 Å². The Morgan fingerprint density at radius 2 is 1.70 bits per heavy atom. The lowest BCUT2D eigenvalue weighted by molar-refractivity contribution is -0.133. The van der Waals surface area contributed by atoms with E-state index in [1.165, 1.54) is 6.20 Å². The van der Waals surface area contributed by atoms with Crippen LogP contribution in [-0.4, -0.2) is 61.4 Å². The second-order valence-electron chi connectivity index (χ2n) is 9.31. The highest BCUT2D eigenvalue weighted by molar-refractivity contribution is 7.92. The van der Waals surface area contributed by atoms with Gasteiger partial charge in [0.1, 0.15) is 5.82 Å². The highest BCUT2D eigenvalue weighted by atomic mass is 32.2. The first-order valence-corrected chi connectivity index (χ1v) is 13.5. The second kappa shape index (κ2) is 10.1. The Labute approximate surface area is 216 Å². The van der Waals surface area contributed by atoms with Gasteiger partial charge in [0.05, 0.1) is 34.0 Å². The number of rotatable bonds is 6. The van der Waals surface area contributed by atoms with E-state index in [9.17, 15) is 13.2 Å². The molecule has 190 valence electrons. The topological polar surface area (TPSA) is 108 Å². The summed E-state index contributed by atoms with van der Waals surface area (Å²) in [6, 6.07) is 15.7. The van der Waals surface area contributed by atoms with E-state index >= 15 is 0 Å². The Hall–Kier alpha value is -4.05. The minimum atomic E-state index is -3.72. The van der Waals surface area contributed by atoms with Gasteiger partial charge in [-0.25, -0.2) is 13.4 Å². The van der Waals surface area contributed by atoms with Gasteiger partial charge in [-0.1, -0.05) is 24.3 Å². The maximum atomic E-state index is 12.7. The number of benzene rings is 2. The van der Waals surface area contributed by atoms with Crippen LogP contribution in [0.1, 0.15) is 12.8 Å². The van der Waals surface area contributed by atoms with Crippen LogP contribution in [0.4, 0.5) is 11.5 Å². The van der Waals surface area contributed by atoms with E-state index in [1.807, 2.05) is 18.2 Å². The number of hydrogen-bond acceptors (Lipinski definition) is 7. The van der Waals surface area contributed by atoms with Crippen molar-refractivity contribution in [1.82, 2.24) is 19.9 Å². The standard InChI is InChI=1S/C27H28N6O3S/c1-32(2)27(34)19-10-12-33(13-11-19)26-18-29-24-9-8-20(15-25(24)30-26)21-14-22(17-28-16-21)31-37(35,36)23-6-4-3-5-7-23/h3-9,14-19,31H,10-13H2,1-2H3. The average molecular weight is 517 g/mol. The molecule has 0 unspecified atom stereocenters. The summed E-state index contributed by atoms with van der Waals surface area (Å²) >= 11 is 0. The van der Waals surface area contributed by atoms with Crippen LogP contribution >= 0.6 is 0 Å². The number of fused-ring (bicyclic) bond motifs is 1. The number of anilines is 2. The minimum absolute atomic E-state index is 0.0466. The zero-order valence-electron chi connectivity index (χ0n) is 20.7. The summed E-state index contributed by atoms with van der Waals surface area (Å²) in [6.45, 7) is 1.50. The molecule has 1 fully saturated rings. The van der Waals surface area contributed by atoms with Crippen LogP contribution in [0.25, 0.3) is 22.2 Å². The molecule has 1 N–H and O–H groups in total. The average Bonchev–Trinajstić information content (AvgIpc) is 2.92. The smallest absolute Gasteiger partial charge is 0.261 e. The molecule has 5 rings (SSSR count). The van der Waals surface area contributed by atoms with Crippen molar-refractivity contribution in [2.45, 2.75) is 17.7 Å². The van der Waals surface area contributed by atoms with Gasteiger partial charge in [-0.2, -0.15) is 0 Å². The maximum absolute atomic E-state index is 12.7. The van der Waals surface area contributed by atoms with E-state index < -0.39 is 10.0 Å². The summed E-state index contributed by atoms with van der Waals surface area (Å²) < 4.78 is 28.0. The molecule has 0 spiro atoms. The first-order chi connectivity index (χ1) is 17.8. The molecule has 3 heterocycles. The van der Waals surface area contributed by atoms with Crippen molar-refractivity contribution in [3.05, 3.63) is 73.2 Å². The van der Waals surface area contributed by atoms with Gasteiger partial charge >= 0.3 is 0 Å². The van der Waals surface area contributed by atoms with Gasteiger partial charge in [0.15, 0.2) is 0 Å². The number of aromatic nitrogens is 3. The summed E-state index contributed by atoms with van der Waals surface area (Å²) in [5.74, 6) is 1.00. The number of pyridine rings is 1. The summed E-state index contributed by atoms with van der Waals surface area (Å²) in [5, 5.41) is 0. The normalized spacial score (nSPS) is 14.5. The molecule has 37 heavy (non-hydrogen) atoms. The summed E-state index contributed by atoms with van der Waals surface area (Å²) in [4.78, 5) is 30.0. The number of carbonyl (C=O) groups excluding carboxylic acids is 1. The van der Waals surface area contributed by atoms with Gasteiger partial charge in [-0.15, -0.1) is 0 Å². The molecule has 0 aliphatic carbocycles. The SMILES string of the molecule is CN(C)C(=O)C1CCN(c2cnc3ccc(-c4cncc(NS(=O)(=O)c5ccccc5)c4)cc3n2)CC1. The predicted octanol–water partition coefficient (Wildman–Crippen LogP) is 3.80. The van der Waals surface area contributed by atoms with Crippen LogP contribution in [0.2, 0.25) is 0 Å². The van der Waals surface area contributed by atoms with Crippen LogP contribution in [0.15, 0.2) is 78.1 Å². The van der Waals surface area contributed by atoms with Gasteiger partial charge in [0.2, 0.25) is 5.91 Å². The molecule has 10 heteroatoms. The zero-order valence-corrected chi connectivity index (χ0v) is 21.5. The molecule has 0 bridgehead atoms. The molecular weight excluding hydrogens is 488 g/mol. The Morgan fingerprint density at radius 1 is 0.946 bits per heavy atom. The number of nitrogens with one attached hydrogen (secondary N) is 1. The van der Waals surface area contributed by atoms with E-state index in [4.69, 9.17) is 4.98 Å². The molecule has 2 aromatic carbocycles. The number of nitrogens with zero attached hydrogens (tertiary/aromatic N) is 5. The first kappa shape index (κ1) is 24.6. The van der Waals surface area contributed by atoms with Crippen LogP contribution in [-0.2, 0) is 14.8 Å². The van der Waals surface area contributed by atoms with Crippen LogP contribution in [0.5, 0.6) is 0 Å². The number of piperidine rings is 1. The largest absolute Gasteiger partial charge is 0.355 e. The molecule has 9 nitrogen and oxygen atoms in total.